The predicted octanol–water partition coefficient (Wildman–Crippen LogP) is 1.88. The number of carbonyl (C=O) groups excluding carboxylic acids is 1. The number of hydrogen-bond acceptors (Lipinski definition) is 6. The summed E-state index contributed by atoms with van der Waals surface area (Å²) in [7, 11) is 4.56. The fraction of sp³-hybridized carbons (Fsp3) is 0.231. The van der Waals surface area contributed by atoms with Crippen molar-refractivity contribution in [3.63, 3.8) is 0 Å². The molecule has 8 heteroatoms. The smallest absolute Gasteiger partial charge is 0.406 e. The standard InChI is InChI=1S/C13H14N4O4/c1-15-8-14-11(17(19)20)12(15)16(2)10-7-5-4-6-9(10)13(18)21-3/h4-8H,1-3H3. The maximum absolute atomic E-state index is 11.8. The highest BCUT2D eigenvalue weighted by Gasteiger charge is 2.26. The molecule has 0 aliphatic carbocycles. The second-order valence-corrected chi connectivity index (χ2v) is 4.33. The molecule has 1 heterocycles. The number of aromatic nitrogens is 2. The van der Waals surface area contributed by atoms with E-state index < -0.39 is 10.9 Å². The molecule has 2 rings (SSSR count). The molecule has 0 atom stereocenters. The van der Waals surface area contributed by atoms with Crippen molar-refractivity contribution in [1.82, 2.24) is 9.55 Å². The van der Waals surface area contributed by atoms with Gasteiger partial charge in [0.05, 0.1) is 18.4 Å². The maximum Gasteiger partial charge on any atom is 0.406 e. The zero-order valence-corrected chi connectivity index (χ0v) is 11.8. The molecule has 110 valence electrons. The predicted molar refractivity (Wildman–Crippen MR) is 75.7 cm³/mol. The molecule has 2 aromatic rings. The minimum absolute atomic E-state index is 0.274. The number of rotatable bonds is 4. The summed E-state index contributed by atoms with van der Waals surface area (Å²) in [5.74, 6) is -0.515. The van der Waals surface area contributed by atoms with Gasteiger partial charge in [0.1, 0.15) is 0 Å². The van der Waals surface area contributed by atoms with Crippen molar-refractivity contribution >= 4 is 23.3 Å². The topological polar surface area (TPSA) is 90.5 Å². The third-order valence-corrected chi connectivity index (χ3v) is 3.05. The first kappa shape index (κ1) is 14.5. The Hall–Kier alpha value is -2.90. The fourth-order valence-electron chi connectivity index (χ4n) is 2.09. The molecule has 0 aliphatic heterocycles. The van der Waals surface area contributed by atoms with Crippen molar-refractivity contribution in [2.24, 2.45) is 7.05 Å². The summed E-state index contributed by atoms with van der Waals surface area (Å²) in [6, 6.07) is 6.71. The highest BCUT2D eigenvalue weighted by molar-refractivity contribution is 5.96. The molecule has 0 saturated heterocycles. The Kier molecular flexibility index (Phi) is 3.88. The highest BCUT2D eigenvalue weighted by atomic mass is 16.6. The second kappa shape index (κ2) is 5.61. The molecular weight excluding hydrogens is 276 g/mol. The molecule has 0 amide bonds. The van der Waals surface area contributed by atoms with Gasteiger partial charge >= 0.3 is 11.8 Å². The first-order valence-electron chi connectivity index (χ1n) is 6.04. The lowest BCUT2D eigenvalue weighted by Crippen LogP contribution is -2.18. The van der Waals surface area contributed by atoms with E-state index in [4.69, 9.17) is 4.74 Å². The number of esters is 1. The van der Waals surface area contributed by atoms with E-state index in [1.54, 1.807) is 38.4 Å². The van der Waals surface area contributed by atoms with Crippen molar-refractivity contribution in [2.75, 3.05) is 19.1 Å². The number of nitro groups is 1. The number of ether oxygens (including phenoxy) is 1. The number of para-hydroxylation sites is 1. The minimum Gasteiger partial charge on any atom is -0.465 e. The van der Waals surface area contributed by atoms with Crippen LogP contribution in [0.5, 0.6) is 0 Å². The molecule has 8 nitrogen and oxygen atoms in total. The van der Waals surface area contributed by atoms with Crippen LogP contribution in [0, 0.1) is 10.1 Å². The Morgan fingerprint density at radius 1 is 1.43 bits per heavy atom. The van der Waals surface area contributed by atoms with E-state index in [-0.39, 0.29) is 11.6 Å². The van der Waals surface area contributed by atoms with Gasteiger partial charge in [-0.3, -0.25) is 4.57 Å². The van der Waals surface area contributed by atoms with Gasteiger partial charge in [0.15, 0.2) is 0 Å². The Bertz CT molecular complexity index is 695. The lowest BCUT2D eigenvalue weighted by molar-refractivity contribution is -0.388. The molecule has 1 aromatic heterocycles. The average Bonchev–Trinajstić information content (AvgIpc) is 2.87. The Labute approximate surface area is 120 Å². The lowest BCUT2D eigenvalue weighted by Gasteiger charge is -2.20. The van der Waals surface area contributed by atoms with E-state index in [1.165, 1.54) is 22.9 Å². The molecule has 0 spiro atoms. The molecule has 0 bridgehead atoms. The van der Waals surface area contributed by atoms with Gasteiger partial charge in [-0.15, -0.1) is 0 Å². The van der Waals surface area contributed by atoms with Crippen molar-refractivity contribution in [2.45, 2.75) is 0 Å². The molecule has 0 N–H and O–H groups in total. The molecule has 21 heavy (non-hydrogen) atoms. The van der Waals surface area contributed by atoms with Gasteiger partial charge in [0.25, 0.3) is 0 Å². The normalized spacial score (nSPS) is 10.2. The van der Waals surface area contributed by atoms with Crippen molar-refractivity contribution in [3.05, 3.63) is 46.3 Å². The van der Waals surface area contributed by atoms with Crippen molar-refractivity contribution in [1.29, 1.82) is 0 Å². The summed E-state index contributed by atoms with van der Waals surface area (Å²) < 4.78 is 6.25. The fourth-order valence-corrected chi connectivity index (χ4v) is 2.09. The van der Waals surface area contributed by atoms with Crippen LogP contribution in [0.25, 0.3) is 0 Å². The minimum atomic E-state index is -0.563. The van der Waals surface area contributed by atoms with Crippen LogP contribution < -0.4 is 4.90 Å². The van der Waals surface area contributed by atoms with E-state index in [0.29, 0.717) is 11.3 Å². The number of nitrogens with zero attached hydrogens (tertiary/aromatic N) is 4. The van der Waals surface area contributed by atoms with Crippen LogP contribution in [0.4, 0.5) is 17.3 Å². The summed E-state index contributed by atoms with van der Waals surface area (Å²) >= 11 is 0. The summed E-state index contributed by atoms with van der Waals surface area (Å²) in [5, 5.41) is 11.1. The largest absolute Gasteiger partial charge is 0.465 e. The van der Waals surface area contributed by atoms with Crippen LogP contribution in [0.3, 0.4) is 0 Å². The Morgan fingerprint density at radius 3 is 2.71 bits per heavy atom. The van der Waals surface area contributed by atoms with Crippen LogP contribution in [-0.2, 0) is 11.8 Å². The molecular formula is C13H14N4O4. The van der Waals surface area contributed by atoms with E-state index in [0.717, 1.165) is 0 Å². The quantitative estimate of drug-likeness (QED) is 0.485. The maximum atomic E-state index is 11.8. The molecule has 0 unspecified atom stereocenters. The third kappa shape index (κ3) is 2.55. The van der Waals surface area contributed by atoms with E-state index in [1.807, 2.05) is 0 Å². The van der Waals surface area contributed by atoms with E-state index in [9.17, 15) is 14.9 Å². The third-order valence-electron chi connectivity index (χ3n) is 3.05. The van der Waals surface area contributed by atoms with Crippen LogP contribution >= 0.6 is 0 Å². The van der Waals surface area contributed by atoms with E-state index >= 15 is 0 Å². The zero-order valence-electron chi connectivity index (χ0n) is 11.8. The highest BCUT2D eigenvalue weighted by Crippen LogP contribution is 2.32. The number of anilines is 2. The molecule has 1 aromatic carbocycles. The van der Waals surface area contributed by atoms with Gasteiger partial charge in [0, 0.05) is 14.1 Å². The van der Waals surface area contributed by atoms with Crippen LogP contribution in [0.2, 0.25) is 0 Å². The number of aryl methyl sites for hydroxylation is 1. The van der Waals surface area contributed by atoms with Gasteiger partial charge in [-0.25, -0.2) is 4.79 Å². The summed E-state index contributed by atoms with van der Waals surface area (Å²) in [6.45, 7) is 0. The van der Waals surface area contributed by atoms with Crippen LogP contribution in [-0.4, -0.2) is 34.6 Å². The van der Waals surface area contributed by atoms with Crippen LogP contribution in [0.15, 0.2) is 30.6 Å². The number of benzene rings is 1. The summed E-state index contributed by atoms with van der Waals surface area (Å²) in [5.41, 5.74) is 0.814. The first-order chi connectivity index (χ1) is 9.97. The van der Waals surface area contributed by atoms with Crippen LogP contribution in [0.1, 0.15) is 10.4 Å². The van der Waals surface area contributed by atoms with Crippen molar-refractivity contribution in [3.8, 4) is 0 Å². The van der Waals surface area contributed by atoms with Crippen molar-refractivity contribution < 1.29 is 14.5 Å². The summed E-state index contributed by atoms with van der Waals surface area (Å²) in [6.07, 6.45) is 1.35. The van der Waals surface area contributed by atoms with Gasteiger partial charge in [0.2, 0.25) is 12.1 Å². The molecule has 0 saturated carbocycles. The molecule has 0 aliphatic rings. The van der Waals surface area contributed by atoms with Gasteiger partial charge in [-0.1, -0.05) is 12.1 Å². The zero-order chi connectivity index (χ0) is 15.6. The molecule has 0 radical (unpaired) electrons. The number of carbonyl (C=O) groups is 1. The number of imidazole rings is 1. The van der Waals surface area contributed by atoms with E-state index in [2.05, 4.69) is 4.98 Å². The number of hydrogen-bond donors (Lipinski definition) is 0. The monoisotopic (exact) mass is 290 g/mol. The molecule has 0 fully saturated rings. The Morgan fingerprint density at radius 2 is 2.10 bits per heavy atom. The SMILES string of the molecule is COC(=O)c1ccccc1N(C)c1c([N+](=O)[O-])ncn1C. The second-order valence-electron chi connectivity index (χ2n) is 4.33. The first-order valence-corrected chi connectivity index (χ1v) is 6.04. The Balaban J connectivity index is 2.56. The number of methoxy groups -OCH3 is 1. The average molecular weight is 290 g/mol. The van der Waals surface area contributed by atoms with Gasteiger partial charge in [-0.05, 0) is 22.0 Å². The van der Waals surface area contributed by atoms with Gasteiger partial charge < -0.3 is 19.8 Å². The lowest BCUT2D eigenvalue weighted by atomic mass is 10.1. The van der Waals surface area contributed by atoms with Gasteiger partial charge in [-0.2, -0.15) is 0 Å². The summed E-state index contributed by atoms with van der Waals surface area (Å²) in [4.78, 5) is 27.6.